The largest absolute Gasteiger partial charge is 0.461 e. The number of aromatic nitrogens is 1. The van der Waals surface area contributed by atoms with Crippen LogP contribution in [0, 0.1) is 22.7 Å². The van der Waals surface area contributed by atoms with Gasteiger partial charge in [0.2, 0.25) is 5.91 Å². The van der Waals surface area contributed by atoms with Crippen LogP contribution in [0.15, 0.2) is 110 Å². The number of amides is 1. The fraction of sp³-hybridized carbons (Fsp3) is 0.270. The minimum atomic E-state index is -0.945. The molecule has 0 fully saturated rings. The Bertz CT molecular complexity index is 1590. The first-order valence-electron chi connectivity index (χ1n) is 14.7. The van der Waals surface area contributed by atoms with Gasteiger partial charge >= 0.3 is 5.97 Å². The molecule has 0 aliphatic rings. The zero-order chi connectivity index (χ0) is 31.7. The molecule has 4 rings (SSSR count). The van der Waals surface area contributed by atoms with E-state index in [4.69, 9.17) is 10.00 Å². The van der Waals surface area contributed by atoms with E-state index in [1.165, 1.54) is 0 Å². The summed E-state index contributed by atoms with van der Waals surface area (Å²) in [5.41, 5.74) is 4.88. The van der Waals surface area contributed by atoms with Gasteiger partial charge in [0.05, 0.1) is 30.2 Å². The molecule has 0 aliphatic carbocycles. The van der Waals surface area contributed by atoms with Gasteiger partial charge in [-0.2, -0.15) is 5.26 Å². The number of esters is 1. The van der Waals surface area contributed by atoms with E-state index in [2.05, 4.69) is 18.0 Å². The summed E-state index contributed by atoms with van der Waals surface area (Å²) in [6.45, 7) is 9.51. The first-order chi connectivity index (χ1) is 21.1. The topological polar surface area (TPSA) is 104 Å². The lowest BCUT2D eigenvalue weighted by Crippen LogP contribution is -2.50. The fourth-order valence-corrected chi connectivity index (χ4v) is 5.04. The summed E-state index contributed by atoms with van der Waals surface area (Å²) in [7, 11) is 0. The number of aliphatic hydroxyl groups is 1. The quantitative estimate of drug-likeness (QED) is 0.141. The lowest BCUT2D eigenvalue weighted by Gasteiger charge is -2.33. The third-order valence-corrected chi connectivity index (χ3v) is 7.74. The number of ether oxygens (including phenoxy) is 1. The number of nitriles is 1. The molecule has 0 aliphatic heterocycles. The fourth-order valence-electron chi connectivity index (χ4n) is 5.04. The summed E-state index contributed by atoms with van der Waals surface area (Å²) < 4.78 is 7.45. The molecule has 226 valence electrons. The molecular formula is C37H39N3O4. The molecule has 7 heteroatoms. The molecule has 0 saturated heterocycles. The molecule has 1 heterocycles. The van der Waals surface area contributed by atoms with Crippen LogP contribution >= 0.6 is 0 Å². The van der Waals surface area contributed by atoms with Gasteiger partial charge in [0.25, 0.3) is 0 Å². The van der Waals surface area contributed by atoms with Gasteiger partial charge in [-0.25, -0.2) is 0 Å². The Balaban J connectivity index is 1.64. The number of allylic oxidation sites excluding steroid dienone is 1. The van der Waals surface area contributed by atoms with Crippen molar-refractivity contribution in [3.63, 3.8) is 0 Å². The van der Waals surface area contributed by atoms with Crippen LogP contribution in [-0.2, 0) is 20.9 Å². The van der Waals surface area contributed by atoms with Gasteiger partial charge in [0.1, 0.15) is 12.6 Å². The maximum atomic E-state index is 13.9. The Labute approximate surface area is 259 Å². The van der Waals surface area contributed by atoms with Crippen molar-refractivity contribution in [2.45, 2.75) is 45.9 Å². The molecule has 7 nitrogen and oxygen atoms in total. The summed E-state index contributed by atoms with van der Waals surface area (Å²) in [5.74, 6) is -1.75. The Kier molecular flexibility index (Phi) is 10.5. The number of carbonyl (C=O) groups excluding carboxylic acids is 2. The smallest absolute Gasteiger partial charge is 0.312 e. The number of rotatable bonds is 12. The zero-order valence-electron chi connectivity index (χ0n) is 25.4. The molecule has 0 radical (unpaired) electrons. The molecule has 1 aromatic heterocycles. The number of hydrogen-bond donors (Lipinski definition) is 2. The van der Waals surface area contributed by atoms with Gasteiger partial charge < -0.3 is 19.7 Å². The Morgan fingerprint density at radius 1 is 0.955 bits per heavy atom. The summed E-state index contributed by atoms with van der Waals surface area (Å²) >= 11 is 0. The third kappa shape index (κ3) is 7.91. The molecule has 3 atom stereocenters. The van der Waals surface area contributed by atoms with Crippen molar-refractivity contribution in [2.75, 3.05) is 6.61 Å². The van der Waals surface area contributed by atoms with E-state index < -0.39 is 29.4 Å². The van der Waals surface area contributed by atoms with Gasteiger partial charge in [-0.15, -0.1) is 6.58 Å². The van der Waals surface area contributed by atoms with Crippen LogP contribution < -0.4 is 5.32 Å². The second kappa shape index (κ2) is 14.5. The SMILES string of the molecule is C=CC[C@H](C(=O)OCc1ccccc1)[C@H](C(=O)N[C@H](CO)C(C)(C)C)n1ccc(-c2ccc(-c3ccc(C#N)cc3)cc2)c1. The molecule has 3 aromatic carbocycles. The van der Waals surface area contributed by atoms with Crippen LogP contribution in [0.25, 0.3) is 22.3 Å². The highest BCUT2D eigenvalue weighted by molar-refractivity contribution is 5.87. The van der Waals surface area contributed by atoms with Gasteiger partial charge in [-0.05, 0) is 57.9 Å². The lowest BCUT2D eigenvalue weighted by molar-refractivity contribution is -0.154. The third-order valence-electron chi connectivity index (χ3n) is 7.74. The number of nitrogens with zero attached hydrogens (tertiary/aromatic N) is 2. The summed E-state index contributed by atoms with van der Waals surface area (Å²) in [6.07, 6.45) is 5.48. The predicted molar refractivity (Wildman–Crippen MR) is 172 cm³/mol. The van der Waals surface area contributed by atoms with Crippen molar-refractivity contribution in [1.29, 1.82) is 5.26 Å². The van der Waals surface area contributed by atoms with E-state index in [0.29, 0.717) is 5.56 Å². The normalized spacial score (nSPS) is 13.2. The van der Waals surface area contributed by atoms with Crippen molar-refractivity contribution in [2.24, 2.45) is 11.3 Å². The number of hydrogen-bond acceptors (Lipinski definition) is 5. The van der Waals surface area contributed by atoms with Crippen LogP contribution in [0.5, 0.6) is 0 Å². The van der Waals surface area contributed by atoms with Crippen LogP contribution in [0.1, 0.15) is 44.4 Å². The van der Waals surface area contributed by atoms with Crippen LogP contribution in [0.3, 0.4) is 0 Å². The van der Waals surface area contributed by atoms with E-state index in [0.717, 1.165) is 27.8 Å². The Morgan fingerprint density at radius 3 is 2.09 bits per heavy atom. The Morgan fingerprint density at radius 2 is 1.55 bits per heavy atom. The van der Waals surface area contributed by atoms with Crippen LogP contribution in [0.2, 0.25) is 0 Å². The molecule has 0 unspecified atom stereocenters. The standard InChI is InChI=1S/C37H39N3O4/c1-5-9-32(36(43)44-25-27-10-7-6-8-11-27)34(35(42)39-33(24-41)37(2,3)4)40-21-20-31(23-40)30-18-16-29(17-19-30)28-14-12-26(22-38)13-15-28/h5-8,10-21,23,32-34,41H,1,9,24-25H2,2-4H3,(H,39,42)/t32-,33+,34+/m0/s1. The van der Waals surface area contributed by atoms with Crippen LogP contribution in [0.4, 0.5) is 0 Å². The summed E-state index contributed by atoms with van der Waals surface area (Å²) in [4.78, 5) is 27.5. The molecule has 44 heavy (non-hydrogen) atoms. The molecule has 2 N–H and O–H groups in total. The Hall–Kier alpha value is -4.93. The van der Waals surface area contributed by atoms with Crippen molar-refractivity contribution in [3.05, 3.63) is 121 Å². The molecular weight excluding hydrogens is 550 g/mol. The van der Waals surface area contributed by atoms with E-state index >= 15 is 0 Å². The number of benzene rings is 3. The van der Waals surface area contributed by atoms with Gasteiger partial charge in [-0.3, -0.25) is 9.59 Å². The maximum absolute atomic E-state index is 13.9. The van der Waals surface area contributed by atoms with Crippen molar-refractivity contribution < 1.29 is 19.4 Å². The van der Waals surface area contributed by atoms with Gasteiger partial charge in [0, 0.05) is 12.4 Å². The average molecular weight is 590 g/mol. The van der Waals surface area contributed by atoms with E-state index in [1.807, 2.05) is 99.8 Å². The van der Waals surface area contributed by atoms with Crippen molar-refractivity contribution >= 4 is 11.9 Å². The van der Waals surface area contributed by atoms with E-state index in [1.54, 1.807) is 29.0 Å². The number of aliphatic hydroxyl groups excluding tert-OH is 1. The monoisotopic (exact) mass is 589 g/mol. The van der Waals surface area contributed by atoms with Gasteiger partial charge in [-0.1, -0.05) is 93.6 Å². The second-order valence-electron chi connectivity index (χ2n) is 11.9. The van der Waals surface area contributed by atoms with Crippen molar-refractivity contribution in [3.8, 4) is 28.3 Å². The first-order valence-corrected chi connectivity index (χ1v) is 14.7. The molecule has 0 bridgehead atoms. The highest BCUT2D eigenvalue weighted by Crippen LogP contribution is 2.31. The zero-order valence-corrected chi connectivity index (χ0v) is 25.4. The lowest BCUT2D eigenvalue weighted by atomic mass is 9.86. The average Bonchev–Trinajstić information content (AvgIpc) is 3.52. The molecule has 0 spiro atoms. The first kappa shape index (κ1) is 32.0. The molecule has 1 amide bonds. The summed E-state index contributed by atoms with van der Waals surface area (Å²) in [6, 6.07) is 27.4. The van der Waals surface area contributed by atoms with Crippen LogP contribution in [-0.4, -0.2) is 34.2 Å². The van der Waals surface area contributed by atoms with Crippen molar-refractivity contribution in [1.82, 2.24) is 9.88 Å². The predicted octanol–water partition coefficient (Wildman–Crippen LogP) is 6.69. The van der Waals surface area contributed by atoms with E-state index in [-0.39, 0.29) is 25.5 Å². The second-order valence-corrected chi connectivity index (χ2v) is 11.9. The van der Waals surface area contributed by atoms with Gasteiger partial charge in [0.15, 0.2) is 0 Å². The minimum Gasteiger partial charge on any atom is -0.461 e. The summed E-state index contributed by atoms with van der Waals surface area (Å²) in [5, 5.41) is 22.1. The van der Waals surface area contributed by atoms with E-state index in [9.17, 15) is 14.7 Å². The highest BCUT2D eigenvalue weighted by Gasteiger charge is 2.38. The maximum Gasteiger partial charge on any atom is 0.312 e. The number of nitrogens with one attached hydrogen (secondary N) is 1. The molecule has 0 saturated carbocycles. The highest BCUT2D eigenvalue weighted by atomic mass is 16.5. The number of carbonyl (C=O) groups is 2. The molecule has 4 aromatic rings. The minimum absolute atomic E-state index is 0.0887.